The fraction of sp³-hybridized carbons (Fsp3) is 0.519. The highest BCUT2D eigenvalue weighted by molar-refractivity contribution is 7.89. The van der Waals surface area contributed by atoms with Gasteiger partial charge in [-0.15, -0.1) is 11.3 Å². The van der Waals surface area contributed by atoms with Gasteiger partial charge in [0.1, 0.15) is 5.00 Å². The van der Waals surface area contributed by atoms with Crippen LogP contribution >= 0.6 is 11.3 Å². The lowest BCUT2D eigenvalue weighted by atomic mass is 10.0. The summed E-state index contributed by atoms with van der Waals surface area (Å²) in [5, 5.41) is 3.30. The first kappa shape index (κ1) is 30.6. The standard InChI is InChI=1S/C27H38N4O6S2/c1-6-10-16-29(5)39(35,36)20-13-11-19(12-14-20)24(32)28-25-23(26(33)30(7-2)8-3)21-15-17-31(18-22(21)38-25)27(34)37-9-4/h11-14H,6-10,15-18H2,1-5H3,(H,28,32). The van der Waals surface area contributed by atoms with E-state index < -0.39 is 22.0 Å². The van der Waals surface area contributed by atoms with Gasteiger partial charge in [-0.2, -0.15) is 0 Å². The average molecular weight is 579 g/mol. The highest BCUT2D eigenvalue weighted by Crippen LogP contribution is 2.38. The Labute approximate surface area is 235 Å². The number of fused-ring (bicyclic) bond motifs is 1. The summed E-state index contributed by atoms with van der Waals surface area (Å²) < 4.78 is 32.1. The molecule has 0 unspecified atom stereocenters. The number of benzene rings is 1. The second-order valence-electron chi connectivity index (χ2n) is 9.21. The number of carbonyl (C=O) groups excluding carboxylic acids is 3. The van der Waals surface area contributed by atoms with Gasteiger partial charge >= 0.3 is 6.09 Å². The number of amides is 3. The average Bonchev–Trinajstić information content (AvgIpc) is 3.29. The molecule has 10 nitrogen and oxygen atoms in total. The van der Waals surface area contributed by atoms with Crippen molar-refractivity contribution in [3.63, 3.8) is 0 Å². The molecule has 0 spiro atoms. The van der Waals surface area contributed by atoms with Crippen molar-refractivity contribution in [1.29, 1.82) is 0 Å². The summed E-state index contributed by atoms with van der Waals surface area (Å²) >= 11 is 1.28. The van der Waals surface area contributed by atoms with E-state index in [-0.39, 0.29) is 23.0 Å². The summed E-state index contributed by atoms with van der Waals surface area (Å²) in [5.74, 6) is -0.623. The maximum absolute atomic E-state index is 13.5. The van der Waals surface area contributed by atoms with Crippen molar-refractivity contribution < 1.29 is 27.5 Å². The molecule has 1 aromatic carbocycles. The molecule has 0 saturated heterocycles. The second-order valence-corrected chi connectivity index (χ2v) is 12.4. The highest BCUT2D eigenvalue weighted by Gasteiger charge is 2.32. The topological polar surface area (TPSA) is 116 Å². The van der Waals surface area contributed by atoms with Crippen molar-refractivity contribution >= 4 is 44.3 Å². The van der Waals surface area contributed by atoms with Crippen molar-refractivity contribution in [2.45, 2.75) is 58.4 Å². The van der Waals surface area contributed by atoms with Crippen molar-refractivity contribution in [2.75, 3.05) is 45.2 Å². The van der Waals surface area contributed by atoms with Crippen LogP contribution in [0.5, 0.6) is 0 Å². The molecule has 0 fully saturated rings. The minimum atomic E-state index is -3.65. The smallest absolute Gasteiger partial charge is 0.410 e. The molecule has 1 N–H and O–H groups in total. The van der Waals surface area contributed by atoms with Gasteiger partial charge in [-0.05, 0) is 63.4 Å². The maximum Gasteiger partial charge on any atom is 0.410 e. The predicted molar refractivity (Wildman–Crippen MR) is 152 cm³/mol. The van der Waals surface area contributed by atoms with Gasteiger partial charge < -0.3 is 19.9 Å². The largest absolute Gasteiger partial charge is 0.450 e. The van der Waals surface area contributed by atoms with E-state index in [1.165, 1.54) is 39.9 Å². The molecular weight excluding hydrogens is 540 g/mol. The number of anilines is 1. The normalized spacial score (nSPS) is 13.2. The quantitative estimate of drug-likeness (QED) is 0.422. The van der Waals surface area contributed by atoms with Crippen LogP contribution in [0, 0.1) is 0 Å². The fourth-order valence-corrected chi connectivity index (χ4v) is 6.85. The number of ether oxygens (including phenoxy) is 1. The third kappa shape index (κ3) is 6.79. The fourth-order valence-electron chi connectivity index (χ4n) is 4.39. The Balaban J connectivity index is 1.89. The molecule has 1 aromatic heterocycles. The molecule has 2 aromatic rings. The molecule has 3 rings (SSSR count). The van der Waals surface area contributed by atoms with Crippen LogP contribution in [0.4, 0.5) is 9.80 Å². The third-order valence-electron chi connectivity index (χ3n) is 6.73. The van der Waals surface area contributed by atoms with Crippen molar-refractivity contribution in [3.8, 4) is 0 Å². The van der Waals surface area contributed by atoms with E-state index in [1.807, 2.05) is 20.8 Å². The Kier molecular flexibility index (Phi) is 10.5. The summed E-state index contributed by atoms with van der Waals surface area (Å²) in [4.78, 5) is 43.3. The van der Waals surface area contributed by atoms with Crippen LogP contribution in [0.3, 0.4) is 0 Å². The molecule has 0 bridgehead atoms. The molecule has 2 heterocycles. The summed E-state index contributed by atoms with van der Waals surface area (Å²) in [6.07, 6.45) is 1.70. The minimum Gasteiger partial charge on any atom is -0.450 e. The van der Waals surface area contributed by atoms with Crippen LogP contribution in [0.2, 0.25) is 0 Å². The lowest BCUT2D eigenvalue weighted by molar-refractivity contribution is 0.0772. The van der Waals surface area contributed by atoms with Gasteiger partial charge in [0.05, 0.1) is 23.6 Å². The zero-order chi connectivity index (χ0) is 28.7. The Morgan fingerprint density at radius 3 is 2.33 bits per heavy atom. The molecular formula is C27H38N4O6S2. The Bertz CT molecular complexity index is 1290. The first-order valence-corrected chi connectivity index (χ1v) is 15.6. The predicted octanol–water partition coefficient (Wildman–Crippen LogP) is 4.42. The molecule has 0 radical (unpaired) electrons. The van der Waals surface area contributed by atoms with E-state index >= 15 is 0 Å². The van der Waals surface area contributed by atoms with Crippen molar-refractivity contribution in [2.24, 2.45) is 0 Å². The van der Waals surface area contributed by atoms with E-state index in [9.17, 15) is 22.8 Å². The van der Waals surface area contributed by atoms with Crippen LogP contribution in [0.1, 0.15) is 71.7 Å². The van der Waals surface area contributed by atoms with E-state index in [4.69, 9.17) is 4.74 Å². The molecule has 0 aliphatic carbocycles. The number of unbranched alkanes of at least 4 members (excludes halogenated alkanes) is 1. The summed E-state index contributed by atoms with van der Waals surface area (Å²) in [5.41, 5.74) is 1.56. The monoisotopic (exact) mass is 578 g/mol. The van der Waals surface area contributed by atoms with Gasteiger partial charge in [0.15, 0.2) is 0 Å². The van der Waals surface area contributed by atoms with E-state index in [1.54, 1.807) is 23.8 Å². The van der Waals surface area contributed by atoms with Crippen LogP contribution in [-0.2, 0) is 27.7 Å². The first-order valence-electron chi connectivity index (χ1n) is 13.3. The van der Waals surface area contributed by atoms with Gasteiger partial charge in [-0.1, -0.05) is 13.3 Å². The van der Waals surface area contributed by atoms with Gasteiger partial charge in [0, 0.05) is 43.7 Å². The molecule has 1 aliphatic heterocycles. The number of thiophene rings is 1. The van der Waals surface area contributed by atoms with Gasteiger partial charge in [-0.25, -0.2) is 17.5 Å². The summed E-state index contributed by atoms with van der Waals surface area (Å²) in [7, 11) is -2.11. The second kappa shape index (κ2) is 13.4. The lowest BCUT2D eigenvalue weighted by Crippen LogP contribution is -2.37. The van der Waals surface area contributed by atoms with E-state index in [2.05, 4.69) is 5.32 Å². The van der Waals surface area contributed by atoms with Gasteiger partial charge in [0.25, 0.3) is 11.8 Å². The number of hydrogen-bond acceptors (Lipinski definition) is 7. The Morgan fingerprint density at radius 1 is 1.08 bits per heavy atom. The molecule has 214 valence electrons. The van der Waals surface area contributed by atoms with Gasteiger partial charge in [0.2, 0.25) is 10.0 Å². The highest BCUT2D eigenvalue weighted by atomic mass is 32.2. The number of hydrogen-bond donors (Lipinski definition) is 1. The SMILES string of the molecule is CCCCN(C)S(=O)(=O)c1ccc(C(=O)Nc2sc3c(c2C(=O)N(CC)CC)CCN(C(=O)OCC)C3)cc1. The Hall–Kier alpha value is -2.96. The zero-order valence-corrected chi connectivity index (χ0v) is 24.9. The Morgan fingerprint density at radius 2 is 1.74 bits per heavy atom. The van der Waals surface area contributed by atoms with E-state index in [0.717, 1.165) is 23.3 Å². The number of nitrogens with one attached hydrogen (secondary N) is 1. The number of rotatable bonds is 11. The summed E-state index contributed by atoms with van der Waals surface area (Å²) in [6.45, 7) is 9.98. The van der Waals surface area contributed by atoms with Gasteiger partial charge in [-0.3, -0.25) is 9.59 Å². The number of sulfonamides is 1. The molecule has 39 heavy (non-hydrogen) atoms. The van der Waals surface area contributed by atoms with Crippen molar-refractivity contribution in [3.05, 3.63) is 45.8 Å². The van der Waals surface area contributed by atoms with Crippen LogP contribution in [0.25, 0.3) is 0 Å². The van der Waals surface area contributed by atoms with Crippen molar-refractivity contribution in [1.82, 2.24) is 14.1 Å². The zero-order valence-electron chi connectivity index (χ0n) is 23.3. The molecule has 0 atom stereocenters. The maximum atomic E-state index is 13.5. The number of nitrogens with zero attached hydrogens (tertiary/aromatic N) is 3. The first-order chi connectivity index (χ1) is 18.6. The summed E-state index contributed by atoms with van der Waals surface area (Å²) in [6, 6.07) is 5.78. The third-order valence-corrected chi connectivity index (χ3v) is 9.73. The van der Waals surface area contributed by atoms with Crippen LogP contribution in [-0.4, -0.2) is 80.3 Å². The minimum absolute atomic E-state index is 0.112. The molecule has 1 aliphatic rings. The molecule has 3 amide bonds. The van der Waals surface area contributed by atoms with E-state index in [0.29, 0.717) is 49.7 Å². The molecule has 0 saturated carbocycles. The van der Waals surface area contributed by atoms with Crippen LogP contribution < -0.4 is 5.32 Å². The number of carbonyl (C=O) groups is 3. The lowest BCUT2D eigenvalue weighted by Gasteiger charge is -2.27. The van der Waals surface area contributed by atoms with Crippen LogP contribution in [0.15, 0.2) is 29.2 Å². The molecule has 12 heteroatoms.